The molecular formula is C12H17N3O3. The first-order valence-electron chi connectivity index (χ1n) is 5.93. The molecule has 1 aromatic heterocycles. The van der Waals surface area contributed by atoms with Gasteiger partial charge in [-0.25, -0.2) is 4.98 Å². The molecule has 2 atom stereocenters. The fraction of sp³-hybridized carbons (Fsp3) is 0.500. The summed E-state index contributed by atoms with van der Waals surface area (Å²) in [5, 5.41) is 12.2. The van der Waals surface area contributed by atoms with Gasteiger partial charge in [0.25, 0.3) is 5.91 Å². The van der Waals surface area contributed by atoms with Gasteiger partial charge in [-0.15, -0.1) is 0 Å². The highest BCUT2D eigenvalue weighted by atomic mass is 16.5. The Morgan fingerprint density at radius 3 is 3.06 bits per heavy atom. The molecular weight excluding hydrogens is 234 g/mol. The summed E-state index contributed by atoms with van der Waals surface area (Å²) in [4.78, 5) is 16.0. The van der Waals surface area contributed by atoms with E-state index in [1.54, 1.807) is 13.0 Å². The molecule has 1 aromatic rings. The van der Waals surface area contributed by atoms with Gasteiger partial charge < -0.3 is 20.9 Å². The molecule has 1 fully saturated rings. The summed E-state index contributed by atoms with van der Waals surface area (Å²) in [6.45, 7) is 2.20. The van der Waals surface area contributed by atoms with E-state index in [1.165, 1.54) is 6.07 Å². The summed E-state index contributed by atoms with van der Waals surface area (Å²) in [5.74, 6) is -0.179. The quantitative estimate of drug-likeness (QED) is 0.728. The van der Waals surface area contributed by atoms with Gasteiger partial charge in [0.15, 0.2) is 11.6 Å². The van der Waals surface area contributed by atoms with Crippen LogP contribution < -0.4 is 11.1 Å². The number of nitrogens with two attached hydrogens (primary N) is 1. The number of carbonyl (C=O) groups excluding carboxylic acids is 1. The van der Waals surface area contributed by atoms with E-state index >= 15 is 0 Å². The third-order valence-electron chi connectivity index (χ3n) is 2.92. The molecule has 6 heteroatoms. The predicted octanol–water partition coefficient (Wildman–Crippen LogP) is 0.540. The number of ether oxygens (including phenoxy) is 1. The number of hydrogen-bond donors (Lipinski definition) is 3. The molecule has 2 rings (SSSR count). The van der Waals surface area contributed by atoms with Crippen LogP contribution in [0.5, 0.6) is 5.75 Å². The Morgan fingerprint density at radius 2 is 2.39 bits per heavy atom. The van der Waals surface area contributed by atoms with Crippen molar-refractivity contribution in [1.82, 2.24) is 4.98 Å². The van der Waals surface area contributed by atoms with Gasteiger partial charge in [0.2, 0.25) is 0 Å². The second-order valence-corrected chi connectivity index (χ2v) is 4.37. The first-order chi connectivity index (χ1) is 8.60. The zero-order chi connectivity index (χ0) is 13.1. The van der Waals surface area contributed by atoms with Crippen LogP contribution in [0.15, 0.2) is 12.1 Å². The van der Waals surface area contributed by atoms with Crippen molar-refractivity contribution in [3.8, 4) is 5.75 Å². The number of anilines is 1. The number of aromatic hydroxyl groups is 1. The first kappa shape index (κ1) is 12.8. The molecule has 98 valence electrons. The van der Waals surface area contributed by atoms with Crippen LogP contribution >= 0.6 is 0 Å². The summed E-state index contributed by atoms with van der Waals surface area (Å²) in [5.41, 5.74) is 6.20. The maximum atomic E-state index is 11.9. The van der Waals surface area contributed by atoms with Crippen LogP contribution in [0, 0.1) is 6.92 Å². The lowest BCUT2D eigenvalue weighted by Crippen LogP contribution is -2.30. The lowest BCUT2D eigenvalue weighted by atomic mass is 10.2. The third-order valence-corrected chi connectivity index (χ3v) is 2.92. The van der Waals surface area contributed by atoms with Gasteiger partial charge in [0.05, 0.1) is 6.10 Å². The maximum Gasteiger partial charge on any atom is 0.254 e. The molecule has 0 aromatic carbocycles. The molecule has 0 radical (unpaired) electrons. The van der Waals surface area contributed by atoms with Gasteiger partial charge in [0.1, 0.15) is 6.10 Å². The van der Waals surface area contributed by atoms with Crippen molar-refractivity contribution in [2.24, 2.45) is 5.73 Å². The molecule has 0 spiro atoms. The maximum absolute atomic E-state index is 11.9. The van der Waals surface area contributed by atoms with Crippen molar-refractivity contribution >= 4 is 11.7 Å². The number of rotatable bonds is 3. The van der Waals surface area contributed by atoms with Crippen LogP contribution in [0.2, 0.25) is 0 Å². The summed E-state index contributed by atoms with van der Waals surface area (Å²) in [7, 11) is 0. The molecule has 4 N–H and O–H groups in total. The van der Waals surface area contributed by atoms with Crippen LogP contribution in [0.25, 0.3) is 0 Å². The van der Waals surface area contributed by atoms with Gasteiger partial charge in [0, 0.05) is 12.2 Å². The van der Waals surface area contributed by atoms with Crippen LogP contribution in [-0.2, 0) is 9.53 Å². The monoisotopic (exact) mass is 251 g/mol. The van der Waals surface area contributed by atoms with Crippen LogP contribution in [0.3, 0.4) is 0 Å². The summed E-state index contributed by atoms with van der Waals surface area (Å²) in [6, 6.07) is 3.16. The molecule has 18 heavy (non-hydrogen) atoms. The van der Waals surface area contributed by atoms with Gasteiger partial charge in [-0.2, -0.15) is 0 Å². The van der Waals surface area contributed by atoms with Crippen LogP contribution in [-0.4, -0.2) is 34.8 Å². The number of amides is 1. The molecule has 1 aliphatic heterocycles. The Balaban J connectivity index is 2.01. The normalized spacial score (nSPS) is 23.0. The Labute approximate surface area is 105 Å². The van der Waals surface area contributed by atoms with Gasteiger partial charge in [-0.05, 0) is 31.9 Å². The highest BCUT2D eigenvalue weighted by Crippen LogP contribution is 2.23. The second kappa shape index (κ2) is 5.32. The second-order valence-electron chi connectivity index (χ2n) is 4.37. The standard InChI is InChI=1S/C12H17N3O3/c1-7-2-4-9(16)11(14-7)15-12(17)10-5-3-8(6-13)18-10/h2,4,8,10,16H,3,5-6,13H2,1H3,(H,14,15,17). The molecule has 2 unspecified atom stereocenters. The van der Waals surface area contributed by atoms with E-state index in [1.807, 2.05) is 0 Å². The van der Waals surface area contributed by atoms with Crippen molar-refractivity contribution in [3.63, 3.8) is 0 Å². The lowest BCUT2D eigenvalue weighted by Gasteiger charge is -2.13. The number of nitrogens with zero attached hydrogens (tertiary/aromatic N) is 1. The van der Waals surface area contributed by atoms with E-state index in [2.05, 4.69) is 10.3 Å². The number of hydrogen-bond acceptors (Lipinski definition) is 5. The number of aromatic nitrogens is 1. The molecule has 1 amide bonds. The summed E-state index contributed by atoms with van der Waals surface area (Å²) in [6.07, 6.45) is 0.849. The third kappa shape index (κ3) is 2.77. The minimum Gasteiger partial charge on any atom is -0.504 e. The predicted molar refractivity (Wildman–Crippen MR) is 66.2 cm³/mol. The van der Waals surface area contributed by atoms with Crippen LogP contribution in [0.1, 0.15) is 18.5 Å². The lowest BCUT2D eigenvalue weighted by molar-refractivity contribution is -0.126. The minimum atomic E-state index is -0.514. The van der Waals surface area contributed by atoms with E-state index < -0.39 is 6.10 Å². The van der Waals surface area contributed by atoms with Crippen molar-refractivity contribution in [3.05, 3.63) is 17.8 Å². The van der Waals surface area contributed by atoms with Gasteiger partial charge >= 0.3 is 0 Å². The van der Waals surface area contributed by atoms with Crippen molar-refractivity contribution in [2.75, 3.05) is 11.9 Å². The Bertz CT molecular complexity index is 450. The Hall–Kier alpha value is -1.66. The van der Waals surface area contributed by atoms with Crippen molar-refractivity contribution in [2.45, 2.75) is 32.0 Å². The van der Waals surface area contributed by atoms with E-state index in [0.29, 0.717) is 13.0 Å². The number of carbonyl (C=O) groups is 1. The molecule has 1 saturated heterocycles. The SMILES string of the molecule is Cc1ccc(O)c(NC(=O)C2CCC(CN)O2)n1. The molecule has 0 aliphatic carbocycles. The zero-order valence-electron chi connectivity index (χ0n) is 10.2. The summed E-state index contributed by atoms with van der Waals surface area (Å²) >= 11 is 0. The van der Waals surface area contributed by atoms with Gasteiger partial charge in [-0.1, -0.05) is 0 Å². The number of pyridine rings is 1. The molecule has 0 bridgehead atoms. The topological polar surface area (TPSA) is 97.5 Å². The Morgan fingerprint density at radius 1 is 1.61 bits per heavy atom. The smallest absolute Gasteiger partial charge is 0.254 e. The molecule has 2 heterocycles. The molecule has 0 saturated carbocycles. The van der Waals surface area contributed by atoms with E-state index in [9.17, 15) is 9.90 Å². The largest absolute Gasteiger partial charge is 0.504 e. The van der Waals surface area contributed by atoms with E-state index in [0.717, 1.165) is 12.1 Å². The molecule has 1 aliphatic rings. The average molecular weight is 251 g/mol. The van der Waals surface area contributed by atoms with Crippen molar-refractivity contribution in [1.29, 1.82) is 0 Å². The average Bonchev–Trinajstić information content (AvgIpc) is 2.82. The number of nitrogens with one attached hydrogen (secondary N) is 1. The zero-order valence-corrected chi connectivity index (χ0v) is 10.2. The fourth-order valence-corrected chi connectivity index (χ4v) is 1.91. The Kier molecular flexibility index (Phi) is 3.78. The summed E-state index contributed by atoms with van der Waals surface area (Å²) < 4.78 is 5.47. The minimum absolute atomic E-state index is 0.0534. The number of aryl methyl sites for hydroxylation is 1. The highest BCUT2D eigenvalue weighted by molar-refractivity contribution is 5.94. The first-order valence-corrected chi connectivity index (χ1v) is 5.93. The van der Waals surface area contributed by atoms with Gasteiger partial charge in [-0.3, -0.25) is 4.79 Å². The van der Waals surface area contributed by atoms with Crippen LogP contribution in [0.4, 0.5) is 5.82 Å². The molecule has 6 nitrogen and oxygen atoms in total. The fourth-order valence-electron chi connectivity index (χ4n) is 1.91. The highest BCUT2D eigenvalue weighted by Gasteiger charge is 2.30. The van der Waals surface area contributed by atoms with E-state index in [4.69, 9.17) is 10.5 Å². The van der Waals surface area contributed by atoms with Crippen molar-refractivity contribution < 1.29 is 14.6 Å². The van der Waals surface area contributed by atoms with E-state index in [-0.39, 0.29) is 23.6 Å².